The van der Waals surface area contributed by atoms with E-state index in [1.807, 2.05) is 6.20 Å². The highest BCUT2D eigenvalue weighted by Crippen LogP contribution is 2.36. The lowest BCUT2D eigenvalue weighted by Gasteiger charge is -2.30. The second-order valence-corrected chi connectivity index (χ2v) is 5.19. The van der Waals surface area contributed by atoms with Gasteiger partial charge in [0.15, 0.2) is 0 Å². The Morgan fingerprint density at radius 2 is 1.80 bits per heavy atom. The van der Waals surface area contributed by atoms with Crippen molar-refractivity contribution in [1.82, 2.24) is 15.3 Å². The monoisotopic (exact) mass is 271 g/mol. The molecule has 3 nitrogen and oxygen atoms in total. The molecule has 0 amide bonds. The molecule has 0 aliphatic heterocycles. The van der Waals surface area contributed by atoms with Crippen molar-refractivity contribution >= 4 is 0 Å². The molecule has 0 fully saturated rings. The summed E-state index contributed by atoms with van der Waals surface area (Å²) in [5, 5.41) is 3.33. The fraction of sp³-hybridized carbons (Fsp3) is 0.471. The van der Waals surface area contributed by atoms with Crippen LogP contribution in [-0.2, 0) is 12.0 Å². The maximum atomic E-state index is 4.66. The van der Waals surface area contributed by atoms with E-state index in [1.54, 1.807) is 0 Å². The van der Waals surface area contributed by atoms with Crippen LogP contribution in [0.25, 0.3) is 0 Å². The van der Waals surface area contributed by atoms with E-state index in [2.05, 4.69) is 66.4 Å². The molecule has 1 aromatic carbocycles. The molecule has 0 spiro atoms. The molecule has 0 saturated carbocycles. The van der Waals surface area contributed by atoms with E-state index in [-0.39, 0.29) is 5.41 Å². The molecule has 20 heavy (non-hydrogen) atoms. The number of hydrogen-bond acceptors (Lipinski definition) is 2. The van der Waals surface area contributed by atoms with Crippen LogP contribution in [0.4, 0.5) is 0 Å². The molecule has 0 atom stereocenters. The minimum atomic E-state index is -0.00821. The molecular formula is C17H25N3. The standard InChI is InChI=1S/C17H25N3/c1-4-17(5-2,14-10-8-7-9-11-14)16-19-13-15(20-16)12-18-6-3/h7-11,13,18H,4-6,12H2,1-3H3,(H,19,20). The zero-order valence-electron chi connectivity index (χ0n) is 12.7. The summed E-state index contributed by atoms with van der Waals surface area (Å²) in [5.74, 6) is 1.08. The van der Waals surface area contributed by atoms with Gasteiger partial charge in [0.25, 0.3) is 0 Å². The van der Waals surface area contributed by atoms with Gasteiger partial charge in [-0.3, -0.25) is 0 Å². The molecule has 1 heterocycles. The van der Waals surface area contributed by atoms with E-state index in [1.165, 1.54) is 5.56 Å². The van der Waals surface area contributed by atoms with E-state index < -0.39 is 0 Å². The average molecular weight is 271 g/mol. The molecule has 0 aliphatic carbocycles. The maximum absolute atomic E-state index is 4.66. The predicted molar refractivity (Wildman–Crippen MR) is 83.8 cm³/mol. The van der Waals surface area contributed by atoms with Crippen LogP contribution in [-0.4, -0.2) is 16.5 Å². The topological polar surface area (TPSA) is 40.7 Å². The van der Waals surface area contributed by atoms with Crippen molar-refractivity contribution in [3.8, 4) is 0 Å². The molecular weight excluding hydrogens is 246 g/mol. The van der Waals surface area contributed by atoms with Crippen molar-refractivity contribution in [3.63, 3.8) is 0 Å². The number of aromatic amines is 1. The van der Waals surface area contributed by atoms with Gasteiger partial charge >= 0.3 is 0 Å². The summed E-state index contributed by atoms with van der Waals surface area (Å²) in [6.07, 6.45) is 4.05. The van der Waals surface area contributed by atoms with Gasteiger partial charge < -0.3 is 10.3 Å². The number of rotatable bonds is 7. The first-order valence-electron chi connectivity index (χ1n) is 7.57. The summed E-state index contributed by atoms with van der Waals surface area (Å²) < 4.78 is 0. The number of benzene rings is 1. The molecule has 2 N–H and O–H groups in total. The Morgan fingerprint density at radius 3 is 2.40 bits per heavy atom. The highest BCUT2D eigenvalue weighted by Gasteiger charge is 2.33. The van der Waals surface area contributed by atoms with Crippen molar-refractivity contribution in [2.75, 3.05) is 6.54 Å². The Morgan fingerprint density at radius 1 is 1.10 bits per heavy atom. The number of H-pyrrole nitrogens is 1. The Labute approximate surface area is 121 Å². The molecule has 0 saturated heterocycles. The molecule has 0 unspecified atom stereocenters. The summed E-state index contributed by atoms with van der Waals surface area (Å²) >= 11 is 0. The predicted octanol–water partition coefficient (Wildman–Crippen LogP) is 3.63. The first-order valence-corrected chi connectivity index (χ1v) is 7.57. The smallest absolute Gasteiger partial charge is 0.116 e. The lowest BCUT2D eigenvalue weighted by atomic mass is 9.75. The van der Waals surface area contributed by atoms with Crippen molar-refractivity contribution in [3.05, 3.63) is 53.6 Å². The number of aromatic nitrogens is 2. The Bertz CT molecular complexity index is 512. The van der Waals surface area contributed by atoms with Crippen LogP contribution < -0.4 is 5.32 Å². The minimum absolute atomic E-state index is 0.00821. The van der Waals surface area contributed by atoms with E-state index in [0.29, 0.717) is 0 Å². The first kappa shape index (κ1) is 14.8. The molecule has 108 valence electrons. The van der Waals surface area contributed by atoms with E-state index in [4.69, 9.17) is 0 Å². The van der Waals surface area contributed by atoms with E-state index in [9.17, 15) is 0 Å². The lowest BCUT2D eigenvalue weighted by Crippen LogP contribution is -2.27. The molecule has 0 bridgehead atoms. The Balaban J connectivity index is 2.35. The van der Waals surface area contributed by atoms with Crippen molar-refractivity contribution in [2.24, 2.45) is 0 Å². The largest absolute Gasteiger partial charge is 0.344 e. The third kappa shape index (κ3) is 2.78. The molecule has 2 aromatic rings. The first-order chi connectivity index (χ1) is 9.76. The summed E-state index contributed by atoms with van der Waals surface area (Å²) in [6.45, 7) is 8.41. The van der Waals surface area contributed by atoms with E-state index in [0.717, 1.165) is 37.4 Å². The van der Waals surface area contributed by atoms with Crippen LogP contribution in [0.15, 0.2) is 36.5 Å². The van der Waals surface area contributed by atoms with Gasteiger partial charge in [0, 0.05) is 18.4 Å². The fourth-order valence-electron chi connectivity index (χ4n) is 2.84. The summed E-state index contributed by atoms with van der Waals surface area (Å²) in [7, 11) is 0. The van der Waals surface area contributed by atoms with Gasteiger partial charge in [-0.15, -0.1) is 0 Å². The highest BCUT2D eigenvalue weighted by atomic mass is 15.0. The number of nitrogens with one attached hydrogen (secondary N) is 2. The molecule has 0 radical (unpaired) electrons. The van der Waals surface area contributed by atoms with Gasteiger partial charge in [-0.2, -0.15) is 0 Å². The lowest BCUT2D eigenvalue weighted by molar-refractivity contribution is 0.452. The van der Waals surface area contributed by atoms with Crippen molar-refractivity contribution < 1.29 is 0 Å². The zero-order chi connectivity index (χ0) is 14.4. The van der Waals surface area contributed by atoms with Gasteiger partial charge in [-0.05, 0) is 24.9 Å². The number of hydrogen-bond donors (Lipinski definition) is 2. The van der Waals surface area contributed by atoms with Crippen LogP contribution >= 0.6 is 0 Å². The summed E-state index contributed by atoms with van der Waals surface area (Å²) in [4.78, 5) is 8.18. The van der Waals surface area contributed by atoms with Crippen LogP contribution in [0.3, 0.4) is 0 Å². The molecule has 0 aliphatic rings. The normalized spacial score (nSPS) is 11.8. The van der Waals surface area contributed by atoms with Crippen molar-refractivity contribution in [1.29, 1.82) is 0 Å². The van der Waals surface area contributed by atoms with E-state index >= 15 is 0 Å². The zero-order valence-corrected chi connectivity index (χ0v) is 12.7. The second kappa shape index (κ2) is 6.71. The summed E-state index contributed by atoms with van der Waals surface area (Å²) in [5.41, 5.74) is 2.49. The summed E-state index contributed by atoms with van der Waals surface area (Å²) in [6, 6.07) is 10.7. The van der Waals surface area contributed by atoms with Gasteiger partial charge in [0.2, 0.25) is 0 Å². The third-order valence-electron chi connectivity index (χ3n) is 4.18. The highest BCUT2D eigenvalue weighted by molar-refractivity contribution is 5.33. The second-order valence-electron chi connectivity index (χ2n) is 5.19. The number of nitrogens with zero attached hydrogens (tertiary/aromatic N) is 1. The molecule has 2 rings (SSSR count). The van der Waals surface area contributed by atoms with Gasteiger partial charge in [0.05, 0.1) is 5.41 Å². The van der Waals surface area contributed by atoms with Gasteiger partial charge in [-0.1, -0.05) is 51.1 Å². The average Bonchev–Trinajstić information content (AvgIpc) is 2.97. The third-order valence-corrected chi connectivity index (χ3v) is 4.18. The quantitative estimate of drug-likeness (QED) is 0.807. The molecule has 1 aromatic heterocycles. The minimum Gasteiger partial charge on any atom is -0.344 e. The maximum Gasteiger partial charge on any atom is 0.116 e. The SMILES string of the molecule is CCNCc1cnc(C(CC)(CC)c2ccccc2)[nH]1. The molecule has 3 heteroatoms. The Kier molecular flexibility index (Phi) is 4.96. The van der Waals surface area contributed by atoms with Crippen molar-refractivity contribution in [2.45, 2.75) is 45.6 Å². The van der Waals surface area contributed by atoms with Crippen LogP contribution in [0.5, 0.6) is 0 Å². The van der Waals surface area contributed by atoms with Gasteiger partial charge in [-0.25, -0.2) is 4.98 Å². The van der Waals surface area contributed by atoms with Crippen LogP contribution in [0.2, 0.25) is 0 Å². The van der Waals surface area contributed by atoms with Gasteiger partial charge in [0.1, 0.15) is 5.82 Å². The fourth-order valence-corrected chi connectivity index (χ4v) is 2.84. The van der Waals surface area contributed by atoms with Crippen LogP contribution in [0.1, 0.15) is 50.7 Å². The van der Waals surface area contributed by atoms with Crippen LogP contribution in [0, 0.1) is 0 Å². The Hall–Kier alpha value is -1.61. The number of imidazole rings is 1.